The topological polar surface area (TPSA) is 17.8 Å². The van der Waals surface area contributed by atoms with Crippen LogP contribution < -0.4 is 0 Å². The fraction of sp³-hybridized carbons (Fsp3) is 0.700. The lowest BCUT2D eigenvalue weighted by atomic mass is 9.89. The largest absolute Gasteiger partial charge is 0.275 e. The number of hydrogen-bond donors (Lipinski definition) is 1. The molecule has 0 saturated carbocycles. The van der Waals surface area contributed by atoms with Crippen LogP contribution in [0, 0.1) is 0 Å². The molecule has 0 amide bonds. The van der Waals surface area contributed by atoms with Crippen LogP contribution in [0.15, 0.2) is 6.20 Å². The number of aryl methyl sites for hydroxylation is 2. The molecule has 0 aliphatic heterocycles. The molecule has 0 aliphatic carbocycles. The van der Waals surface area contributed by atoms with Crippen molar-refractivity contribution in [2.75, 3.05) is 5.75 Å². The molecule has 2 nitrogen and oxygen atoms in total. The van der Waals surface area contributed by atoms with Gasteiger partial charge in [0.1, 0.15) is 0 Å². The zero-order valence-electron chi connectivity index (χ0n) is 8.83. The van der Waals surface area contributed by atoms with E-state index in [4.69, 9.17) is 0 Å². The first-order valence-electron chi connectivity index (χ1n) is 4.59. The highest BCUT2D eigenvalue weighted by molar-refractivity contribution is 7.80. The summed E-state index contributed by atoms with van der Waals surface area (Å²) in [7, 11) is 1.97. The van der Waals surface area contributed by atoms with Crippen molar-refractivity contribution in [3.05, 3.63) is 17.5 Å². The zero-order chi connectivity index (χ0) is 10.1. The average molecular weight is 198 g/mol. The predicted molar refractivity (Wildman–Crippen MR) is 59.5 cm³/mol. The van der Waals surface area contributed by atoms with Crippen molar-refractivity contribution in [2.24, 2.45) is 7.05 Å². The normalized spacial score (nSPS) is 12.1. The Labute approximate surface area is 85.7 Å². The Morgan fingerprint density at radius 1 is 1.46 bits per heavy atom. The van der Waals surface area contributed by atoms with Gasteiger partial charge in [0.2, 0.25) is 0 Å². The molecule has 0 N–H and O–H groups in total. The Balaban J connectivity index is 3.04. The lowest BCUT2D eigenvalue weighted by molar-refractivity contribution is 0.549. The molecule has 1 aromatic heterocycles. The van der Waals surface area contributed by atoms with Crippen LogP contribution in [0.1, 0.15) is 32.0 Å². The van der Waals surface area contributed by atoms with Gasteiger partial charge in [0.05, 0.1) is 5.69 Å². The molecular weight excluding hydrogens is 180 g/mol. The van der Waals surface area contributed by atoms with E-state index in [1.165, 1.54) is 11.3 Å². The summed E-state index contributed by atoms with van der Waals surface area (Å²) in [5.41, 5.74) is 2.66. The molecule has 0 radical (unpaired) electrons. The van der Waals surface area contributed by atoms with Gasteiger partial charge >= 0.3 is 0 Å². The van der Waals surface area contributed by atoms with Crippen LogP contribution in [0.2, 0.25) is 0 Å². The van der Waals surface area contributed by atoms with Gasteiger partial charge in [-0.3, -0.25) is 4.68 Å². The SMILES string of the molecule is Cn1cc(CCS)c(C(C)(C)C)n1. The zero-order valence-corrected chi connectivity index (χ0v) is 9.73. The highest BCUT2D eigenvalue weighted by Gasteiger charge is 2.20. The molecule has 0 spiro atoms. The maximum atomic E-state index is 4.48. The third-order valence-corrected chi connectivity index (χ3v) is 2.22. The van der Waals surface area contributed by atoms with Gasteiger partial charge in [-0.25, -0.2) is 0 Å². The number of thiol groups is 1. The summed E-state index contributed by atoms with van der Waals surface area (Å²) >= 11 is 4.25. The molecule has 0 fully saturated rings. The summed E-state index contributed by atoms with van der Waals surface area (Å²) in [5.74, 6) is 0.884. The van der Waals surface area contributed by atoms with E-state index in [1.54, 1.807) is 0 Å². The molecule has 0 bridgehead atoms. The predicted octanol–water partition coefficient (Wildman–Crippen LogP) is 2.19. The van der Waals surface area contributed by atoms with Crippen LogP contribution in [0.5, 0.6) is 0 Å². The fourth-order valence-corrected chi connectivity index (χ4v) is 1.71. The van der Waals surface area contributed by atoms with E-state index < -0.39 is 0 Å². The Bertz CT molecular complexity index is 284. The summed E-state index contributed by atoms with van der Waals surface area (Å²) in [5, 5.41) is 4.48. The van der Waals surface area contributed by atoms with Gasteiger partial charge in [-0.15, -0.1) is 0 Å². The Morgan fingerprint density at radius 2 is 2.08 bits per heavy atom. The van der Waals surface area contributed by atoms with Crippen molar-refractivity contribution >= 4 is 12.6 Å². The van der Waals surface area contributed by atoms with Gasteiger partial charge in [0.25, 0.3) is 0 Å². The first-order valence-corrected chi connectivity index (χ1v) is 5.22. The number of aromatic nitrogens is 2. The third kappa shape index (κ3) is 2.50. The Morgan fingerprint density at radius 3 is 2.54 bits per heavy atom. The molecule has 1 rings (SSSR count). The minimum Gasteiger partial charge on any atom is -0.275 e. The van der Waals surface area contributed by atoms with E-state index in [9.17, 15) is 0 Å². The van der Waals surface area contributed by atoms with Crippen LogP contribution in [-0.2, 0) is 18.9 Å². The molecule has 1 heterocycles. The second-order valence-electron chi connectivity index (χ2n) is 4.40. The first kappa shape index (κ1) is 10.6. The highest BCUT2D eigenvalue weighted by Crippen LogP contribution is 2.24. The molecule has 0 aliphatic rings. The van der Waals surface area contributed by atoms with Gasteiger partial charge in [-0.1, -0.05) is 20.8 Å². The summed E-state index contributed by atoms with van der Waals surface area (Å²) in [6.07, 6.45) is 3.10. The molecule has 74 valence electrons. The highest BCUT2D eigenvalue weighted by atomic mass is 32.1. The standard InChI is InChI=1S/C10H18N2S/c1-10(2,3)9-8(5-6-13)7-12(4)11-9/h7,13H,5-6H2,1-4H3. The summed E-state index contributed by atoms with van der Waals surface area (Å²) in [6.45, 7) is 6.58. The van der Waals surface area contributed by atoms with Crippen LogP contribution in [0.4, 0.5) is 0 Å². The monoisotopic (exact) mass is 198 g/mol. The van der Waals surface area contributed by atoms with E-state index in [2.05, 4.69) is 44.7 Å². The van der Waals surface area contributed by atoms with Gasteiger partial charge < -0.3 is 0 Å². The number of rotatable bonds is 2. The van der Waals surface area contributed by atoms with Crippen molar-refractivity contribution in [3.8, 4) is 0 Å². The smallest absolute Gasteiger partial charge is 0.0710 e. The summed E-state index contributed by atoms with van der Waals surface area (Å²) in [4.78, 5) is 0. The van der Waals surface area contributed by atoms with Crippen LogP contribution in [0.3, 0.4) is 0 Å². The fourth-order valence-electron chi connectivity index (χ4n) is 1.47. The second kappa shape index (κ2) is 3.74. The van der Waals surface area contributed by atoms with Crippen LogP contribution in [-0.4, -0.2) is 15.5 Å². The molecular formula is C10H18N2S. The van der Waals surface area contributed by atoms with Crippen molar-refractivity contribution in [1.29, 1.82) is 0 Å². The van der Waals surface area contributed by atoms with E-state index in [-0.39, 0.29) is 5.41 Å². The molecule has 0 saturated heterocycles. The lowest BCUT2D eigenvalue weighted by Crippen LogP contribution is -2.15. The van der Waals surface area contributed by atoms with E-state index in [1.807, 2.05) is 11.7 Å². The minimum atomic E-state index is 0.138. The van der Waals surface area contributed by atoms with Gasteiger partial charge in [-0.05, 0) is 17.7 Å². The Kier molecular flexibility index (Phi) is 3.06. The minimum absolute atomic E-state index is 0.138. The molecule has 0 atom stereocenters. The van der Waals surface area contributed by atoms with Crippen molar-refractivity contribution in [1.82, 2.24) is 9.78 Å². The molecule has 0 unspecified atom stereocenters. The number of hydrogen-bond acceptors (Lipinski definition) is 2. The Hall–Kier alpha value is -0.440. The summed E-state index contributed by atoms with van der Waals surface area (Å²) < 4.78 is 1.89. The van der Waals surface area contributed by atoms with Crippen LogP contribution in [0.25, 0.3) is 0 Å². The average Bonchev–Trinajstić information content (AvgIpc) is 2.30. The third-order valence-electron chi connectivity index (χ3n) is 2.00. The first-order chi connectivity index (χ1) is 5.95. The molecule has 0 aromatic carbocycles. The van der Waals surface area contributed by atoms with Crippen molar-refractivity contribution in [2.45, 2.75) is 32.6 Å². The maximum Gasteiger partial charge on any atom is 0.0710 e. The molecule has 13 heavy (non-hydrogen) atoms. The van der Waals surface area contributed by atoms with E-state index in [0.29, 0.717) is 0 Å². The number of nitrogens with zero attached hydrogens (tertiary/aromatic N) is 2. The van der Waals surface area contributed by atoms with Crippen molar-refractivity contribution < 1.29 is 0 Å². The van der Waals surface area contributed by atoms with E-state index >= 15 is 0 Å². The second-order valence-corrected chi connectivity index (χ2v) is 4.85. The van der Waals surface area contributed by atoms with Gasteiger partial charge in [0, 0.05) is 18.7 Å². The van der Waals surface area contributed by atoms with Gasteiger partial charge in [-0.2, -0.15) is 17.7 Å². The summed E-state index contributed by atoms with van der Waals surface area (Å²) in [6, 6.07) is 0. The quantitative estimate of drug-likeness (QED) is 0.721. The molecule has 1 aromatic rings. The lowest BCUT2D eigenvalue weighted by Gasteiger charge is -2.17. The van der Waals surface area contributed by atoms with E-state index in [0.717, 1.165) is 12.2 Å². The maximum absolute atomic E-state index is 4.48. The molecule has 3 heteroatoms. The van der Waals surface area contributed by atoms with Gasteiger partial charge in [0.15, 0.2) is 0 Å². The van der Waals surface area contributed by atoms with Crippen LogP contribution >= 0.6 is 12.6 Å². The van der Waals surface area contributed by atoms with Crippen molar-refractivity contribution in [3.63, 3.8) is 0 Å².